The molecule has 0 saturated heterocycles. The van der Waals surface area contributed by atoms with E-state index >= 15 is 0 Å². The van der Waals surface area contributed by atoms with E-state index in [9.17, 15) is 0 Å². The van der Waals surface area contributed by atoms with Crippen LogP contribution in [0.1, 0.15) is 5.56 Å². The molecule has 1 aromatic heterocycles. The van der Waals surface area contributed by atoms with Crippen molar-refractivity contribution >= 4 is 28.3 Å². The van der Waals surface area contributed by atoms with Crippen molar-refractivity contribution in [3.8, 4) is 11.4 Å². The molecule has 1 N–H and O–H groups in total. The lowest BCUT2D eigenvalue weighted by Gasteiger charge is -2.11. The largest absolute Gasteiger partial charge is 0.365 e. The Hall–Kier alpha value is -2.91. The van der Waals surface area contributed by atoms with E-state index in [-0.39, 0.29) is 0 Å². The Kier molecular flexibility index (Phi) is 4.32. The van der Waals surface area contributed by atoms with Gasteiger partial charge in [-0.25, -0.2) is 9.97 Å². The summed E-state index contributed by atoms with van der Waals surface area (Å²) in [7, 11) is 0. The number of anilines is 1. The summed E-state index contributed by atoms with van der Waals surface area (Å²) < 4.78 is 0. The van der Waals surface area contributed by atoms with Crippen LogP contribution in [0.25, 0.3) is 22.3 Å². The third kappa shape index (κ3) is 3.47. The van der Waals surface area contributed by atoms with Crippen LogP contribution in [0.5, 0.6) is 0 Å². The quantitative estimate of drug-likeness (QED) is 0.526. The number of hydrogen-bond donors (Lipinski definition) is 1. The number of nitrogens with one attached hydrogen (secondary N) is 1. The fourth-order valence-corrected chi connectivity index (χ4v) is 2.85. The lowest BCUT2D eigenvalue weighted by Crippen LogP contribution is -2.04. The molecule has 0 amide bonds. The first kappa shape index (κ1) is 15.6. The first-order chi connectivity index (χ1) is 12.3. The Morgan fingerprint density at radius 3 is 2.28 bits per heavy atom. The average molecular weight is 346 g/mol. The highest BCUT2D eigenvalue weighted by molar-refractivity contribution is 6.30. The molecule has 3 aromatic carbocycles. The molecule has 4 heteroatoms. The van der Waals surface area contributed by atoms with E-state index < -0.39 is 0 Å². The lowest BCUT2D eigenvalue weighted by molar-refractivity contribution is 1.11. The number of nitrogens with zero attached hydrogens (tertiary/aromatic N) is 2. The zero-order chi connectivity index (χ0) is 17.1. The van der Waals surface area contributed by atoms with Crippen molar-refractivity contribution in [3.05, 3.63) is 89.4 Å². The fourth-order valence-electron chi connectivity index (χ4n) is 2.72. The van der Waals surface area contributed by atoms with Crippen molar-refractivity contribution in [1.82, 2.24) is 9.97 Å². The van der Waals surface area contributed by atoms with Gasteiger partial charge in [0.2, 0.25) is 0 Å². The van der Waals surface area contributed by atoms with Crippen LogP contribution in [0.4, 0.5) is 5.82 Å². The standard InChI is InChI=1S/C21H16ClN3/c22-17-12-10-16(11-13-17)20-24-19-9-5-4-8-18(19)21(25-20)23-14-15-6-2-1-3-7-15/h1-13H,14H2,(H,23,24,25). The summed E-state index contributed by atoms with van der Waals surface area (Å²) in [4.78, 5) is 9.45. The number of aromatic nitrogens is 2. The Morgan fingerprint density at radius 1 is 0.760 bits per heavy atom. The summed E-state index contributed by atoms with van der Waals surface area (Å²) in [5.74, 6) is 1.52. The minimum absolute atomic E-state index is 0.686. The van der Waals surface area contributed by atoms with E-state index in [1.165, 1.54) is 5.56 Å². The SMILES string of the molecule is Clc1ccc(-c2nc(NCc3ccccc3)c3ccccc3n2)cc1. The molecule has 122 valence electrons. The maximum Gasteiger partial charge on any atom is 0.162 e. The zero-order valence-electron chi connectivity index (χ0n) is 13.5. The minimum atomic E-state index is 0.686. The molecule has 25 heavy (non-hydrogen) atoms. The van der Waals surface area contributed by atoms with Gasteiger partial charge in [0.15, 0.2) is 5.82 Å². The summed E-state index contributed by atoms with van der Waals surface area (Å²) >= 11 is 5.99. The number of fused-ring (bicyclic) bond motifs is 1. The second-order valence-electron chi connectivity index (χ2n) is 5.76. The lowest BCUT2D eigenvalue weighted by atomic mass is 10.1. The predicted molar refractivity (Wildman–Crippen MR) is 104 cm³/mol. The molecule has 0 unspecified atom stereocenters. The average Bonchev–Trinajstić information content (AvgIpc) is 2.67. The zero-order valence-corrected chi connectivity index (χ0v) is 14.2. The molecule has 0 bridgehead atoms. The van der Waals surface area contributed by atoms with E-state index in [4.69, 9.17) is 21.6 Å². The number of para-hydroxylation sites is 1. The highest BCUT2D eigenvalue weighted by Crippen LogP contribution is 2.26. The van der Waals surface area contributed by atoms with Gasteiger partial charge in [0, 0.05) is 22.5 Å². The van der Waals surface area contributed by atoms with Crippen LogP contribution < -0.4 is 5.32 Å². The molecule has 0 aliphatic carbocycles. The van der Waals surface area contributed by atoms with Crippen LogP contribution in [0.15, 0.2) is 78.9 Å². The normalized spacial score (nSPS) is 10.8. The second-order valence-corrected chi connectivity index (χ2v) is 6.20. The van der Waals surface area contributed by atoms with Gasteiger partial charge >= 0.3 is 0 Å². The highest BCUT2D eigenvalue weighted by atomic mass is 35.5. The van der Waals surface area contributed by atoms with Gasteiger partial charge in [-0.05, 0) is 42.0 Å². The fraction of sp³-hybridized carbons (Fsp3) is 0.0476. The van der Waals surface area contributed by atoms with Crippen LogP contribution in [0.3, 0.4) is 0 Å². The molecule has 1 heterocycles. The van der Waals surface area contributed by atoms with Gasteiger partial charge in [0.25, 0.3) is 0 Å². The predicted octanol–water partition coefficient (Wildman–Crippen LogP) is 5.56. The third-order valence-electron chi connectivity index (χ3n) is 4.01. The monoisotopic (exact) mass is 345 g/mol. The van der Waals surface area contributed by atoms with Crippen molar-refractivity contribution < 1.29 is 0 Å². The number of halogens is 1. The number of hydrogen-bond acceptors (Lipinski definition) is 3. The van der Waals surface area contributed by atoms with Crippen molar-refractivity contribution in [2.24, 2.45) is 0 Å². The Bertz CT molecular complexity index is 998. The molecule has 3 nitrogen and oxygen atoms in total. The molecule has 0 aliphatic heterocycles. The van der Waals surface area contributed by atoms with E-state index in [0.717, 1.165) is 22.3 Å². The van der Waals surface area contributed by atoms with Gasteiger partial charge in [-0.1, -0.05) is 54.1 Å². The number of benzene rings is 3. The molecule has 0 spiro atoms. The summed E-state index contributed by atoms with van der Waals surface area (Å²) in [6.07, 6.45) is 0. The Labute approximate surface area is 151 Å². The third-order valence-corrected chi connectivity index (χ3v) is 4.26. The number of rotatable bonds is 4. The topological polar surface area (TPSA) is 37.8 Å². The van der Waals surface area contributed by atoms with E-state index in [2.05, 4.69) is 17.4 Å². The van der Waals surface area contributed by atoms with Crippen molar-refractivity contribution in [1.29, 1.82) is 0 Å². The Morgan fingerprint density at radius 2 is 1.48 bits per heavy atom. The summed E-state index contributed by atoms with van der Waals surface area (Å²) in [6.45, 7) is 0.710. The maximum atomic E-state index is 5.99. The first-order valence-corrected chi connectivity index (χ1v) is 8.48. The smallest absolute Gasteiger partial charge is 0.162 e. The highest BCUT2D eigenvalue weighted by Gasteiger charge is 2.09. The summed E-state index contributed by atoms with van der Waals surface area (Å²) in [5, 5.41) is 5.16. The van der Waals surface area contributed by atoms with Crippen LogP contribution in [0.2, 0.25) is 5.02 Å². The van der Waals surface area contributed by atoms with Gasteiger partial charge < -0.3 is 5.32 Å². The molecule has 0 radical (unpaired) electrons. The van der Waals surface area contributed by atoms with Crippen LogP contribution in [0, 0.1) is 0 Å². The van der Waals surface area contributed by atoms with Gasteiger partial charge in [-0.2, -0.15) is 0 Å². The molecule has 0 saturated carbocycles. The summed E-state index contributed by atoms with van der Waals surface area (Å²) in [5.41, 5.74) is 3.06. The second kappa shape index (κ2) is 6.91. The maximum absolute atomic E-state index is 5.99. The Balaban J connectivity index is 1.74. The molecule has 4 aromatic rings. The molecular formula is C21H16ClN3. The van der Waals surface area contributed by atoms with Gasteiger partial charge in [0.1, 0.15) is 5.82 Å². The van der Waals surface area contributed by atoms with Crippen molar-refractivity contribution in [2.45, 2.75) is 6.54 Å². The molecule has 0 fully saturated rings. The summed E-state index contributed by atoms with van der Waals surface area (Å²) in [6, 6.07) is 25.9. The van der Waals surface area contributed by atoms with E-state index in [0.29, 0.717) is 17.4 Å². The first-order valence-electron chi connectivity index (χ1n) is 8.10. The van der Waals surface area contributed by atoms with E-state index in [1.54, 1.807) is 0 Å². The molecule has 4 rings (SSSR count). The molecule has 0 aliphatic rings. The van der Waals surface area contributed by atoms with Gasteiger partial charge in [-0.3, -0.25) is 0 Å². The van der Waals surface area contributed by atoms with Crippen molar-refractivity contribution in [3.63, 3.8) is 0 Å². The van der Waals surface area contributed by atoms with Crippen LogP contribution in [-0.4, -0.2) is 9.97 Å². The van der Waals surface area contributed by atoms with Crippen LogP contribution >= 0.6 is 11.6 Å². The van der Waals surface area contributed by atoms with Crippen molar-refractivity contribution in [2.75, 3.05) is 5.32 Å². The molecule has 0 atom stereocenters. The van der Waals surface area contributed by atoms with E-state index in [1.807, 2.05) is 66.7 Å². The minimum Gasteiger partial charge on any atom is -0.365 e. The van der Waals surface area contributed by atoms with Gasteiger partial charge in [-0.15, -0.1) is 0 Å². The van der Waals surface area contributed by atoms with Crippen LogP contribution in [-0.2, 0) is 6.54 Å². The van der Waals surface area contributed by atoms with Gasteiger partial charge in [0.05, 0.1) is 5.52 Å². The molecular weight excluding hydrogens is 330 g/mol.